The average molecular weight is 284 g/mol. The van der Waals surface area contributed by atoms with E-state index < -0.39 is 0 Å². The van der Waals surface area contributed by atoms with Crippen molar-refractivity contribution >= 4 is 0 Å². The maximum atomic E-state index is 5.97. The Labute approximate surface area is 127 Å². The van der Waals surface area contributed by atoms with Crippen molar-refractivity contribution in [1.29, 1.82) is 0 Å². The van der Waals surface area contributed by atoms with Crippen molar-refractivity contribution < 1.29 is 9.47 Å². The van der Waals surface area contributed by atoms with Gasteiger partial charge >= 0.3 is 0 Å². The fraction of sp³-hybridized carbons (Fsp3) is 0.368. The molecule has 2 aromatic rings. The van der Waals surface area contributed by atoms with Gasteiger partial charge in [0.1, 0.15) is 6.61 Å². The van der Waals surface area contributed by atoms with Gasteiger partial charge in [0.2, 0.25) is 0 Å². The monoisotopic (exact) mass is 284 g/mol. The Balaban J connectivity index is 2.21. The van der Waals surface area contributed by atoms with Crippen LogP contribution in [0.3, 0.4) is 0 Å². The summed E-state index contributed by atoms with van der Waals surface area (Å²) < 4.78 is 11.3. The second-order valence-electron chi connectivity index (χ2n) is 5.83. The molecule has 0 spiro atoms. The van der Waals surface area contributed by atoms with Crippen LogP contribution in [-0.2, 0) is 12.0 Å². The lowest BCUT2D eigenvalue weighted by molar-refractivity contribution is 0.281. The summed E-state index contributed by atoms with van der Waals surface area (Å²) in [5.74, 6) is 1.55. The van der Waals surface area contributed by atoms with Gasteiger partial charge in [0, 0.05) is 0 Å². The molecule has 0 fully saturated rings. The molecule has 0 aliphatic rings. The molecular weight excluding hydrogens is 260 g/mol. The smallest absolute Gasteiger partial charge is 0.161 e. The van der Waals surface area contributed by atoms with Crippen LogP contribution in [0.2, 0.25) is 0 Å². The standard InChI is InChI=1S/C19H24O2/c1-5-19(2,3)16-11-7-6-10-15(16)14-21-18-13-9-8-12-17(18)20-4/h6-13H,5,14H2,1-4H3. The molecule has 0 radical (unpaired) electrons. The van der Waals surface area contributed by atoms with Gasteiger partial charge in [-0.3, -0.25) is 0 Å². The van der Waals surface area contributed by atoms with Gasteiger partial charge in [-0.25, -0.2) is 0 Å². The minimum absolute atomic E-state index is 0.153. The van der Waals surface area contributed by atoms with Gasteiger partial charge in [0.25, 0.3) is 0 Å². The lowest BCUT2D eigenvalue weighted by atomic mass is 9.80. The molecule has 0 aliphatic heterocycles. The van der Waals surface area contributed by atoms with Crippen molar-refractivity contribution in [2.24, 2.45) is 0 Å². The number of rotatable bonds is 6. The van der Waals surface area contributed by atoms with Crippen molar-refractivity contribution in [3.05, 3.63) is 59.7 Å². The highest BCUT2D eigenvalue weighted by molar-refractivity contribution is 5.40. The third-order valence-electron chi connectivity index (χ3n) is 4.08. The zero-order valence-electron chi connectivity index (χ0n) is 13.3. The molecule has 21 heavy (non-hydrogen) atoms. The number of hydrogen-bond acceptors (Lipinski definition) is 2. The van der Waals surface area contributed by atoms with Crippen molar-refractivity contribution in [2.45, 2.75) is 39.2 Å². The fourth-order valence-corrected chi connectivity index (χ4v) is 2.39. The first-order valence-electron chi connectivity index (χ1n) is 7.42. The molecule has 0 amide bonds. The van der Waals surface area contributed by atoms with Gasteiger partial charge in [-0.15, -0.1) is 0 Å². The summed E-state index contributed by atoms with van der Waals surface area (Å²) in [6.45, 7) is 7.32. The molecule has 0 saturated carbocycles. The molecular formula is C19H24O2. The van der Waals surface area contributed by atoms with Crippen LogP contribution in [0.4, 0.5) is 0 Å². The summed E-state index contributed by atoms with van der Waals surface area (Å²) in [5, 5.41) is 0. The van der Waals surface area contributed by atoms with E-state index in [2.05, 4.69) is 45.0 Å². The highest BCUT2D eigenvalue weighted by Gasteiger charge is 2.21. The molecule has 2 aromatic carbocycles. The zero-order chi connectivity index (χ0) is 15.3. The lowest BCUT2D eigenvalue weighted by Crippen LogP contribution is -2.18. The Morgan fingerprint density at radius 3 is 2.19 bits per heavy atom. The lowest BCUT2D eigenvalue weighted by Gasteiger charge is -2.26. The Hall–Kier alpha value is -1.96. The predicted molar refractivity (Wildman–Crippen MR) is 87.1 cm³/mol. The largest absolute Gasteiger partial charge is 0.493 e. The van der Waals surface area contributed by atoms with Crippen LogP contribution in [0, 0.1) is 0 Å². The predicted octanol–water partition coefficient (Wildman–Crippen LogP) is 4.96. The molecule has 0 atom stereocenters. The normalized spacial score (nSPS) is 11.2. The van der Waals surface area contributed by atoms with E-state index in [0.29, 0.717) is 6.61 Å². The quantitative estimate of drug-likeness (QED) is 0.746. The molecule has 112 valence electrons. The number of ether oxygens (including phenoxy) is 2. The Kier molecular flexibility index (Phi) is 4.89. The number of hydrogen-bond donors (Lipinski definition) is 0. The van der Waals surface area contributed by atoms with E-state index in [1.54, 1.807) is 7.11 Å². The first-order chi connectivity index (χ1) is 10.1. The first-order valence-corrected chi connectivity index (χ1v) is 7.42. The second-order valence-corrected chi connectivity index (χ2v) is 5.83. The van der Waals surface area contributed by atoms with Gasteiger partial charge in [-0.2, -0.15) is 0 Å². The summed E-state index contributed by atoms with van der Waals surface area (Å²) in [5.41, 5.74) is 2.73. The molecule has 0 heterocycles. The van der Waals surface area contributed by atoms with Crippen LogP contribution in [-0.4, -0.2) is 7.11 Å². The summed E-state index contributed by atoms with van der Waals surface area (Å²) in [6.07, 6.45) is 1.10. The van der Waals surface area contributed by atoms with Gasteiger partial charge in [-0.1, -0.05) is 57.2 Å². The minimum atomic E-state index is 0.153. The van der Waals surface area contributed by atoms with Crippen molar-refractivity contribution in [2.75, 3.05) is 7.11 Å². The maximum Gasteiger partial charge on any atom is 0.161 e. The van der Waals surface area contributed by atoms with Crippen LogP contribution >= 0.6 is 0 Å². The molecule has 2 heteroatoms. The van der Waals surface area contributed by atoms with Crippen LogP contribution in [0.1, 0.15) is 38.3 Å². The Morgan fingerprint density at radius 1 is 0.905 bits per heavy atom. The van der Waals surface area contributed by atoms with E-state index in [9.17, 15) is 0 Å². The van der Waals surface area contributed by atoms with Crippen molar-refractivity contribution in [1.82, 2.24) is 0 Å². The molecule has 0 bridgehead atoms. The van der Waals surface area contributed by atoms with Crippen LogP contribution in [0.15, 0.2) is 48.5 Å². The molecule has 0 aliphatic carbocycles. The van der Waals surface area contributed by atoms with Gasteiger partial charge in [0.15, 0.2) is 11.5 Å². The molecule has 2 nitrogen and oxygen atoms in total. The van der Waals surface area contributed by atoms with E-state index in [1.165, 1.54) is 11.1 Å². The van der Waals surface area contributed by atoms with Crippen molar-refractivity contribution in [3.63, 3.8) is 0 Å². The third-order valence-corrected chi connectivity index (χ3v) is 4.08. The van der Waals surface area contributed by atoms with E-state index in [1.807, 2.05) is 24.3 Å². The van der Waals surface area contributed by atoms with Crippen LogP contribution in [0.5, 0.6) is 11.5 Å². The fourth-order valence-electron chi connectivity index (χ4n) is 2.39. The Bertz CT molecular complexity index is 588. The van der Waals surface area contributed by atoms with Crippen LogP contribution in [0.25, 0.3) is 0 Å². The summed E-state index contributed by atoms with van der Waals surface area (Å²) in [7, 11) is 1.66. The van der Waals surface area contributed by atoms with E-state index in [4.69, 9.17) is 9.47 Å². The molecule has 2 rings (SSSR count). The summed E-state index contributed by atoms with van der Waals surface area (Å²) in [4.78, 5) is 0. The van der Waals surface area contributed by atoms with E-state index in [0.717, 1.165) is 17.9 Å². The Morgan fingerprint density at radius 2 is 1.52 bits per heavy atom. The number of benzene rings is 2. The van der Waals surface area contributed by atoms with Crippen molar-refractivity contribution in [3.8, 4) is 11.5 Å². The van der Waals surface area contributed by atoms with Gasteiger partial charge in [0.05, 0.1) is 7.11 Å². The first kappa shape index (κ1) is 15.4. The highest BCUT2D eigenvalue weighted by Crippen LogP contribution is 2.31. The molecule has 0 aromatic heterocycles. The van der Waals surface area contributed by atoms with E-state index in [-0.39, 0.29) is 5.41 Å². The van der Waals surface area contributed by atoms with E-state index >= 15 is 0 Å². The maximum absolute atomic E-state index is 5.97. The number of para-hydroxylation sites is 2. The molecule has 0 unspecified atom stereocenters. The zero-order valence-corrected chi connectivity index (χ0v) is 13.3. The highest BCUT2D eigenvalue weighted by atomic mass is 16.5. The van der Waals surface area contributed by atoms with Gasteiger partial charge in [-0.05, 0) is 35.1 Å². The topological polar surface area (TPSA) is 18.5 Å². The minimum Gasteiger partial charge on any atom is -0.493 e. The summed E-state index contributed by atoms with van der Waals surface area (Å²) >= 11 is 0. The average Bonchev–Trinajstić information content (AvgIpc) is 2.53. The molecule has 0 N–H and O–H groups in total. The van der Waals surface area contributed by atoms with Crippen LogP contribution < -0.4 is 9.47 Å². The second kappa shape index (κ2) is 6.66. The summed E-state index contributed by atoms with van der Waals surface area (Å²) in [6, 6.07) is 16.3. The van der Waals surface area contributed by atoms with Gasteiger partial charge < -0.3 is 9.47 Å². The third kappa shape index (κ3) is 3.57. The molecule has 0 saturated heterocycles. The SMILES string of the molecule is CCC(C)(C)c1ccccc1COc1ccccc1OC. The number of methoxy groups -OCH3 is 1.